The molecule has 2 rings (SSSR count). The van der Waals surface area contributed by atoms with Gasteiger partial charge in [0.1, 0.15) is 0 Å². The Balaban J connectivity index is 2.46. The molecule has 0 aromatic heterocycles. The van der Waals surface area contributed by atoms with Gasteiger partial charge in [-0.05, 0) is 31.0 Å². The summed E-state index contributed by atoms with van der Waals surface area (Å²) >= 11 is 6.08. The van der Waals surface area contributed by atoms with E-state index in [0.29, 0.717) is 17.7 Å². The zero-order chi connectivity index (χ0) is 14.5. The van der Waals surface area contributed by atoms with E-state index < -0.39 is 0 Å². The summed E-state index contributed by atoms with van der Waals surface area (Å²) in [5.41, 5.74) is 8.50. The standard InChI is InChI=1S/C15H20ClN3O/c1-3-7-19-14(10-17)12-9-11(16)5-6-13(12)18-15(19)20-8-4-2/h5-6,9-10H,3-4,7-8,17H2,1-2H3/b14-10+. The summed E-state index contributed by atoms with van der Waals surface area (Å²) in [5.74, 6) is 0. The molecule has 4 nitrogen and oxygen atoms in total. The molecule has 2 N–H and O–H groups in total. The molecule has 1 aliphatic heterocycles. The van der Waals surface area contributed by atoms with Crippen LogP contribution in [0, 0.1) is 0 Å². The third-order valence-electron chi connectivity index (χ3n) is 3.01. The summed E-state index contributed by atoms with van der Waals surface area (Å²) in [5, 5.41) is 0.674. The number of nitrogens with zero attached hydrogens (tertiary/aromatic N) is 2. The lowest BCUT2D eigenvalue weighted by Gasteiger charge is -2.31. The summed E-state index contributed by atoms with van der Waals surface area (Å²) in [4.78, 5) is 6.60. The Labute approximate surface area is 124 Å². The minimum absolute atomic E-state index is 0.611. The fourth-order valence-corrected chi connectivity index (χ4v) is 2.32. The lowest BCUT2D eigenvalue weighted by Crippen LogP contribution is -2.35. The van der Waals surface area contributed by atoms with Crippen LogP contribution in [0.15, 0.2) is 29.4 Å². The van der Waals surface area contributed by atoms with Crippen molar-refractivity contribution in [3.8, 4) is 0 Å². The van der Waals surface area contributed by atoms with E-state index in [0.717, 1.165) is 36.3 Å². The second-order valence-electron chi connectivity index (χ2n) is 4.61. The first-order valence-corrected chi connectivity index (χ1v) is 7.29. The molecule has 0 bridgehead atoms. The molecule has 0 saturated heterocycles. The molecule has 0 radical (unpaired) electrons. The van der Waals surface area contributed by atoms with Gasteiger partial charge in [-0.3, -0.25) is 4.90 Å². The number of halogens is 1. The van der Waals surface area contributed by atoms with Gasteiger partial charge in [-0.15, -0.1) is 0 Å². The second-order valence-corrected chi connectivity index (χ2v) is 5.04. The Morgan fingerprint density at radius 2 is 2.15 bits per heavy atom. The molecule has 0 unspecified atom stereocenters. The maximum Gasteiger partial charge on any atom is 0.297 e. The van der Waals surface area contributed by atoms with Gasteiger partial charge < -0.3 is 10.5 Å². The molecule has 1 aliphatic rings. The third-order valence-corrected chi connectivity index (χ3v) is 3.25. The van der Waals surface area contributed by atoms with Crippen LogP contribution >= 0.6 is 11.6 Å². The molecule has 1 heterocycles. The highest BCUT2D eigenvalue weighted by Gasteiger charge is 2.25. The Hall–Kier alpha value is -1.68. The van der Waals surface area contributed by atoms with E-state index in [-0.39, 0.29) is 0 Å². The molecule has 20 heavy (non-hydrogen) atoms. The first-order valence-electron chi connectivity index (χ1n) is 6.92. The van der Waals surface area contributed by atoms with Gasteiger partial charge in [-0.25, -0.2) is 0 Å². The summed E-state index contributed by atoms with van der Waals surface area (Å²) in [6, 6.07) is 6.21. The van der Waals surface area contributed by atoms with Crippen molar-refractivity contribution in [2.24, 2.45) is 10.7 Å². The highest BCUT2D eigenvalue weighted by molar-refractivity contribution is 6.31. The average Bonchev–Trinajstić information content (AvgIpc) is 2.45. The number of rotatable bonds is 4. The van der Waals surface area contributed by atoms with Crippen LogP contribution in [0.4, 0.5) is 5.69 Å². The molecule has 1 aromatic carbocycles. The predicted octanol–water partition coefficient (Wildman–Crippen LogP) is 3.74. The van der Waals surface area contributed by atoms with Crippen LogP contribution in [0.2, 0.25) is 5.02 Å². The Kier molecular flexibility index (Phi) is 4.90. The molecule has 0 saturated carbocycles. The van der Waals surface area contributed by atoms with Crippen molar-refractivity contribution in [3.05, 3.63) is 35.0 Å². The second kappa shape index (κ2) is 6.66. The lowest BCUT2D eigenvalue weighted by molar-refractivity contribution is 0.257. The smallest absolute Gasteiger partial charge is 0.297 e. The molecule has 5 heteroatoms. The van der Waals surface area contributed by atoms with Crippen LogP contribution in [0.25, 0.3) is 5.70 Å². The van der Waals surface area contributed by atoms with Gasteiger partial charge in [-0.2, -0.15) is 4.99 Å². The van der Waals surface area contributed by atoms with Gasteiger partial charge in [0.2, 0.25) is 0 Å². The van der Waals surface area contributed by atoms with E-state index in [1.54, 1.807) is 6.20 Å². The van der Waals surface area contributed by atoms with E-state index in [1.165, 1.54) is 0 Å². The van der Waals surface area contributed by atoms with Crippen molar-refractivity contribution in [2.45, 2.75) is 26.7 Å². The van der Waals surface area contributed by atoms with Crippen molar-refractivity contribution >= 4 is 29.0 Å². The number of amidine groups is 1. The van der Waals surface area contributed by atoms with Gasteiger partial charge in [-0.1, -0.05) is 25.4 Å². The maximum absolute atomic E-state index is 6.08. The topological polar surface area (TPSA) is 50.9 Å². The monoisotopic (exact) mass is 293 g/mol. The summed E-state index contributed by atoms with van der Waals surface area (Å²) in [6.07, 6.45) is 3.50. The van der Waals surface area contributed by atoms with E-state index in [1.807, 2.05) is 23.1 Å². The molecule has 0 fully saturated rings. The van der Waals surface area contributed by atoms with Crippen LogP contribution < -0.4 is 5.73 Å². The molecule has 0 amide bonds. The van der Waals surface area contributed by atoms with E-state index in [4.69, 9.17) is 22.1 Å². The van der Waals surface area contributed by atoms with Crippen LogP contribution in [0.1, 0.15) is 32.3 Å². The van der Waals surface area contributed by atoms with E-state index in [2.05, 4.69) is 18.8 Å². The fraction of sp³-hybridized carbons (Fsp3) is 0.400. The number of aliphatic imine (C=N–C) groups is 1. The number of hydrogen-bond donors (Lipinski definition) is 1. The zero-order valence-corrected chi connectivity index (χ0v) is 12.7. The fourth-order valence-electron chi connectivity index (χ4n) is 2.15. The van der Waals surface area contributed by atoms with E-state index >= 15 is 0 Å². The highest BCUT2D eigenvalue weighted by Crippen LogP contribution is 2.35. The van der Waals surface area contributed by atoms with Crippen LogP contribution in [-0.4, -0.2) is 24.1 Å². The van der Waals surface area contributed by atoms with Crippen molar-refractivity contribution in [3.63, 3.8) is 0 Å². The molecule has 0 aliphatic carbocycles. The quantitative estimate of drug-likeness (QED) is 0.920. The number of nitrogens with two attached hydrogens (primary N) is 1. The number of hydrogen-bond acceptors (Lipinski definition) is 4. The van der Waals surface area contributed by atoms with Crippen LogP contribution in [-0.2, 0) is 4.74 Å². The average molecular weight is 294 g/mol. The minimum atomic E-state index is 0.611. The SMILES string of the molecule is CCCOC1=Nc2ccc(Cl)cc2/C(=C\N)N1CCC. The van der Waals surface area contributed by atoms with Gasteiger partial charge >= 0.3 is 0 Å². The molecule has 108 valence electrons. The molecular weight excluding hydrogens is 274 g/mol. The van der Waals surface area contributed by atoms with Crippen molar-refractivity contribution in [2.75, 3.05) is 13.2 Å². The molecular formula is C15H20ClN3O. The van der Waals surface area contributed by atoms with Crippen LogP contribution in [0.5, 0.6) is 0 Å². The van der Waals surface area contributed by atoms with Crippen LogP contribution in [0.3, 0.4) is 0 Å². The van der Waals surface area contributed by atoms with Gasteiger partial charge in [0.15, 0.2) is 0 Å². The van der Waals surface area contributed by atoms with Gasteiger partial charge in [0.05, 0.1) is 18.0 Å². The Morgan fingerprint density at radius 3 is 2.80 bits per heavy atom. The lowest BCUT2D eigenvalue weighted by atomic mass is 10.1. The van der Waals surface area contributed by atoms with Gasteiger partial charge in [0.25, 0.3) is 6.02 Å². The largest absolute Gasteiger partial charge is 0.465 e. The summed E-state index contributed by atoms with van der Waals surface area (Å²) in [6.45, 7) is 5.62. The maximum atomic E-state index is 6.08. The van der Waals surface area contributed by atoms with E-state index in [9.17, 15) is 0 Å². The summed E-state index contributed by atoms with van der Waals surface area (Å²) < 4.78 is 5.76. The predicted molar refractivity (Wildman–Crippen MR) is 84.0 cm³/mol. The zero-order valence-electron chi connectivity index (χ0n) is 11.9. The number of ether oxygens (including phenoxy) is 1. The Morgan fingerprint density at radius 1 is 1.35 bits per heavy atom. The third kappa shape index (κ3) is 2.90. The summed E-state index contributed by atoms with van der Waals surface area (Å²) in [7, 11) is 0. The van der Waals surface area contributed by atoms with Crippen molar-refractivity contribution < 1.29 is 4.74 Å². The van der Waals surface area contributed by atoms with Crippen molar-refractivity contribution in [1.29, 1.82) is 0 Å². The molecule has 0 atom stereocenters. The minimum Gasteiger partial charge on any atom is -0.465 e. The normalized spacial score (nSPS) is 16.1. The Bertz CT molecular complexity index is 540. The highest BCUT2D eigenvalue weighted by atomic mass is 35.5. The molecule has 1 aromatic rings. The number of fused-ring (bicyclic) bond motifs is 1. The molecule has 0 spiro atoms. The van der Waals surface area contributed by atoms with Crippen molar-refractivity contribution in [1.82, 2.24) is 4.90 Å². The first kappa shape index (κ1) is 14.7. The number of benzene rings is 1. The first-order chi connectivity index (χ1) is 9.71. The van der Waals surface area contributed by atoms with Gasteiger partial charge in [0, 0.05) is 23.3 Å².